The molecular weight excluding hydrogens is 226 g/mol. The molecule has 0 spiro atoms. The summed E-state index contributed by atoms with van der Waals surface area (Å²) < 4.78 is 0. The number of benzene rings is 1. The van der Waals surface area contributed by atoms with Gasteiger partial charge in [-0.25, -0.2) is 0 Å². The van der Waals surface area contributed by atoms with Crippen LogP contribution in [0.25, 0.3) is 10.4 Å². The summed E-state index contributed by atoms with van der Waals surface area (Å²) in [6.07, 6.45) is 1.17. The molecule has 1 aliphatic rings. The third-order valence-electron chi connectivity index (χ3n) is 3.42. The average molecular weight is 243 g/mol. The minimum Gasteiger partial charge on any atom is -0.309 e. The second kappa shape index (κ2) is 4.28. The average Bonchev–Trinajstić information content (AvgIpc) is 2.75. The van der Waals surface area contributed by atoms with Gasteiger partial charge in [0.25, 0.3) is 0 Å². The van der Waals surface area contributed by atoms with Crippen molar-refractivity contribution in [2.24, 2.45) is 0 Å². The van der Waals surface area contributed by atoms with Crippen molar-refractivity contribution in [2.75, 3.05) is 6.54 Å². The third kappa shape index (κ3) is 2.03. The first-order valence-corrected chi connectivity index (χ1v) is 6.99. The monoisotopic (exact) mass is 243 g/mol. The van der Waals surface area contributed by atoms with E-state index in [2.05, 4.69) is 49.5 Å². The van der Waals surface area contributed by atoms with Crippen molar-refractivity contribution in [3.63, 3.8) is 0 Å². The van der Waals surface area contributed by atoms with Crippen LogP contribution < -0.4 is 5.32 Å². The van der Waals surface area contributed by atoms with Crippen molar-refractivity contribution in [1.82, 2.24) is 5.32 Å². The molecule has 0 bridgehead atoms. The smallest absolute Gasteiger partial charge is 0.0389 e. The van der Waals surface area contributed by atoms with Gasteiger partial charge in [0, 0.05) is 15.8 Å². The standard InChI is InChI=1S/C15H17NS/c1-10-3-5-12(6-4-10)14-9-13-7-8-16-11(2)15(13)17-14/h3-6,9,11,16H,7-8H2,1-2H3. The van der Waals surface area contributed by atoms with E-state index in [1.165, 1.54) is 32.9 Å². The maximum Gasteiger partial charge on any atom is 0.0389 e. The molecular formula is C15H17NS. The minimum atomic E-state index is 0.517. The fraction of sp³-hybridized carbons (Fsp3) is 0.333. The van der Waals surface area contributed by atoms with Gasteiger partial charge < -0.3 is 5.32 Å². The lowest BCUT2D eigenvalue weighted by Crippen LogP contribution is -2.26. The molecule has 1 aliphatic heterocycles. The number of nitrogens with one attached hydrogen (secondary N) is 1. The number of aryl methyl sites for hydroxylation is 1. The molecule has 0 fully saturated rings. The summed E-state index contributed by atoms with van der Waals surface area (Å²) >= 11 is 1.94. The van der Waals surface area contributed by atoms with Gasteiger partial charge in [0.2, 0.25) is 0 Å². The summed E-state index contributed by atoms with van der Waals surface area (Å²) in [5.41, 5.74) is 4.21. The fourth-order valence-electron chi connectivity index (χ4n) is 2.38. The summed E-state index contributed by atoms with van der Waals surface area (Å²) in [7, 11) is 0. The summed E-state index contributed by atoms with van der Waals surface area (Å²) in [5, 5.41) is 3.52. The van der Waals surface area contributed by atoms with E-state index < -0.39 is 0 Å². The molecule has 1 aromatic heterocycles. The molecule has 1 atom stereocenters. The van der Waals surface area contributed by atoms with Crippen molar-refractivity contribution in [1.29, 1.82) is 0 Å². The molecule has 2 aromatic rings. The number of thiophene rings is 1. The molecule has 0 amide bonds. The van der Waals surface area contributed by atoms with E-state index in [1.807, 2.05) is 11.3 Å². The molecule has 1 nitrogen and oxygen atoms in total. The normalized spacial score (nSPS) is 19.1. The van der Waals surface area contributed by atoms with Crippen molar-refractivity contribution < 1.29 is 0 Å². The largest absolute Gasteiger partial charge is 0.309 e. The van der Waals surface area contributed by atoms with E-state index in [0.29, 0.717) is 6.04 Å². The zero-order valence-corrected chi connectivity index (χ0v) is 11.1. The molecule has 88 valence electrons. The van der Waals surface area contributed by atoms with Gasteiger partial charge in [-0.2, -0.15) is 0 Å². The molecule has 2 heterocycles. The third-order valence-corrected chi connectivity index (χ3v) is 4.83. The van der Waals surface area contributed by atoms with Crippen LogP contribution in [0.1, 0.15) is 29.0 Å². The van der Waals surface area contributed by atoms with Crippen LogP contribution in [-0.4, -0.2) is 6.54 Å². The quantitative estimate of drug-likeness (QED) is 0.800. The van der Waals surface area contributed by atoms with E-state index in [4.69, 9.17) is 0 Å². The van der Waals surface area contributed by atoms with E-state index in [-0.39, 0.29) is 0 Å². The minimum absolute atomic E-state index is 0.517. The number of hydrogen-bond acceptors (Lipinski definition) is 2. The van der Waals surface area contributed by atoms with Gasteiger partial charge in [0.05, 0.1) is 0 Å². The first-order valence-electron chi connectivity index (χ1n) is 6.17. The van der Waals surface area contributed by atoms with Gasteiger partial charge in [0.15, 0.2) is 0 Å². The van der Waals surface area contributed by atoms with E-state index >= 15 is 0 Å². The van der Waals surface area contributed by atoms with Crippen molar-refractivity contribution in [3.8, 4) is 10.4 Å². The van der Waals surface area contributed by atoms with Gasteiger partial charge in [-0.05, 0) is 44.0 Å². The Morgan fingerprint density at radius 3 is 2.71 bits per heavy atom. The van der Waals surface area contributed by atoms with Crippen LogP contribution in [0.2, 0.25) is 0 Å². The molecule has 1 N–H and O–H groups in total. The molecule has 2 heteroatoms. The van der Waals surface area contributed by atoms with E-state index in [0.717, 1.165) is 6.54 Å². The van der Waals surface area contributed by atoms with Gasteiger partial charge in [0.1, 0.15) is 0 Å². The molecule has 3 rings (SSSR count). The molecule has 1 unspecified atom stereocenters. The molecule has 0 saturated heterocycles. The lowest BCUT2D eigenvalue weighted by Gasteiger charge is -2.19. The summed E-state index contributed by atoms with van der Waals surface area (Å²) in [6, 6.07) is 11.7. The van der Waals surface area contributed by atoms with Crippen LogP contribution in [0.4, 0.5) is 0 Å². The maximum atomic E-state index is 3.52. The Kier molecular flexibility index (Phi) is 2.77. The predicted molar refractivity (Wildman–Crippen MR) is 74.6 cm³/mol. The molecule has 1 aromatic carbocycles. The lowest BCUT2D eigenvalue weighted by atomic mass is 10.0. The second-order valence-corrected chi connectivity index (χ2v) is 5.88. The maximum absolute atomic E-state index is 3.52. The van der Waals surface area contributed by atoms with Crippen molar-refractivity contribution >= 4 is 11.3 Å². The van der Waals surface area contributed by atoms with Crippen LogP contribution in [0.3, 0.4) is 0 Å². The zero-order chi connectivity index (χ0) is 11.8. The molecule has 0 aliphatic carbocycles. The Hall–Kier alpha value is -1.12. The Bertz CT molecular complexity index is 524. The van der Waals surface area contributed by atoms with Crippen LogP contribution in [0.5, 0.6) is 0 Å². The first kappa shape index (κ1) is 11.0. The first-order chi connectivity index (χ1) is 8.24. The van der Waals surface area contributed by atoms with Gasteiger partial charge in [-0.15, -0.1) is 11.3 Å². The van der Waals surface area contributed by atoms with Crippen LogP contribution >= 0.6 is 11.3 Å². The molecule has 0 radical (unpaired) electrons. The highest BCUT2D eigenvalue weighted by atomic mass is 32.1. The van der Waals surface area contributed by atoms with Gasteiger partial charge in [-0.3, -0.25) is 0 Å². The number of fused-ring (bicyclic) bond motifs is 1. The molecule has 0 saturated carbocycles. The lowest BCUT2D eigenvalue weighted by molar-refractivity contribution is 0.551. The molecule has 17 heavy (non-hydrogen) atoms. The topological polar surface area (TPSA) is 12.0 Å². The Morgan fingerprint density at radius 1 is 1.24 bits per heavy atom. The summed E-state index contributed by atoms with van der Waals surface area (Å²) in [4.78, 5) is 2.93. The SMILES string of the molecule is Cc1ccc(-c2cc3c(s2)C(C)NCC3)cc1. The van der Waals surface area contributed by atoms with Gasteiger partial charge in [-0.1, -0.05) is 29.8 Å². The predicted octanol–water partition coefficient (Wildman–Crippen LogP) is 3.93. The summed E-state index contributed by atoms with van der Waals surface area (Å²) in [6.45, 7) is 5.50. The summed E-state index contributed by atoms with van der Waals surface area (Å²) in [5.74, 6) is 0. The highest BCUT2D eigenvalue weighted by molar-refractivity contribution is 7.15. The van der Waals surface area contributed by atoms with Gasteiger partial charge >= 0.3 is 0 Å². The highest BCUT2D eigenvalue weighted by Gasteiger charge is 2.19. The Balaban J connectivity index is 2.02. The number of hydrogen-bond donors (Lipinski definition) is 1. The highest BCUT2D eigenvalue weighted by Crippen LogP contribution is 2.36. The fourth-order valence-corrected chi connectivity index (χ4v) is 3.63. The Morgan fingerprint density at radius 2 is 2.00 bits per heavy atom. The van der Waals surface area contributed by atoms with Crippen molar-refractivity contribution in [2.45, 2.75) is 26.3 Å². The van der Waals surface area contributed by atoms with Crippen LogP contribution in [0, 0.1) is 6.92 Å². The van der Waals surface area contributed by atoms with E-state index in [9.17, 15) is 0 Å². The second-order valence-electron chi connectivity index (χ2n) is 4.79. The van der Waals surface area contributed by atoms with Crippen molar-refractivity contribution in [3.05, 3.63) is 46.3 Å². The Labute approximate surface area is 106 Å². The van der Waals surface area contributed by atoms with Crippen LogP contribution in [0.15, 0.2) is 30.3 Å². The van der Waals surface area contributed by atoms with E-state index in [1.54, 1.807) is 0 Å². The van der Waals surface area contributed by atoms with Crippen LogP contribution in [-0.2, 0) is 6.42 Å². The zero-order valence-electron chi connectivity index (χ0n) is 10.3. The number of rotatable bonds is 1.